The lowest BCUT2D eigenvalue weighted by molar-refractivity contribution is 0.0458. The van der Waals surface area contributed by atoms with Crippen molar-refractivity contribution in [1.82, 2.24) is 0 Å². The molecular weight excluding hydrogens is 250 g/mol. The maximum Gasteiger partial charge on any atom is 0.136 e. The summed E-state index contributed by atoms with van der Waals surface area (Å²) < 4.78 is 11.0. The molecule has 0 radical (unpaired) electrons. The molecule has 0 saturated heterocycles. The topological polar surface area (TPSA) is 42.2 Å². The van der Waals surface area contributed by atoms with Gasteiger partial charge in [0.2, 0.25) is 0 Å². The number of unbranched alkanes of at least 4 members (excludes halogenated alkanes) is 3. The van der Waals surface area contributed by atoms with Crippen LogP contribution in [0.5, 0.6) is 5.75 Å². The van der Waals surface area contributed by atoms with Gasteiger partial charge < -0.3 is 9.47 Å². The molecule has 1 aromatic rings. The standard InChI is InChI=1S/C17H25NO2/c1-4-5-6-7-8-14(2)20-13-15-9-10-16(12-18)17(11-15)19-3/h9-11,14H,4-8,13H2,1-3H3. The Kier molecular flexibility index (Phi) is 7.75. The Labute approximate surface area is 122 Å². The van der Waals surface area contributed by atoms with Crippen molar-refractivity contribution in [2.45, 2.75) is 58.7 Å². The molecule has 0 aliphatic carbocycles. The molecule has 1 atom stereocenters. The zero-order valence-corrected chi connectivity index (χ0v) is 12.8. The molecule has 0 bridgehead atoms. The fraction of sp³-hybridized carbons (Fsp3) is 0.588. The molecule has 1 rings (SSSR count). The molecular formula is C17H25NO2. The Bertz CT molecular complexity index is 437. The van der Waals surface area contributed by atoms with Crippen LogP contribution in [-0.4, -0.2) is 13.2 Å². The third kappa shape index (κ3) is 5.63. The molecule has 0 aliphatic rings. The molecule has 3 nitrogen and oxygen atoms in total. The lowest BCUT2D eigenvalue weighted by atomic mass is 10.1. The van der Waals surface area contributed by atoms with E-state index in [-0.39, 0.29) is 6.10 Å². The molecule has 20 heavy (non-hydrogen) atoms. The van der Waals surface area contributed by atoms with E-state index in [1.165, 1.54) is 25.7 Å². The first-order chi connectivity index (χ1) is 9.71. The maximum absolute atomic E-state index is 8.94. The highest BCUT2D eigenvalue weighted by Crippen LogP contribution is 2.20. The fourth-order valence-corrected chi connectivity index (χ4v) is 2.10. The van der Waals surface area contributed by atoms with Crippen molar-refractivity contribution in [3.05, 3.63) is 29.3 Å². The first kappa shape index (κ1) is 16.5. The van der Waals surface area contributed by atoms with Crippen LogP contribution in [0.25, 0.3) is 0 Å². The maximum atomic E-state index is 8.94. The highest BCUT2D eigenvalue weighted by atomic mass is 16.5. The molecule has 0 aromatic heterocycles. The molecule has 0 N–H and O–H groups in total. The van der Waals surface area contributed by atoms with Gasteiger partial charge in [-0.3, -0.25) is 0 Å². The van der Waals surface area contributed by atoms with Gasteiger partial charge in [-0.2, -0.15) is 5.26 Å². The van der Waals surface area contributed by atoms with Crippen LogP contribution in [0.2, 0.25) is 0 Å². The Morgan fingerprint density at radius 1 is 1.25 bits per heavy atom. The summed E-state index contributed by atoms with van der Waals surface area (Å²) in [5, 5.41) is 8.94. The zero-order chi connectivity index (χ0) is 14.8. The fourth-order valence-electron chi connectivity index (χ4n) is 2.10. The summed E-state index contributed by atoms with van der Waals surface area (Å²) in [5.41, 5.74) is 1.60. The average molecular weight is 275 g/mol. The van der Waals surface area contributed by atoms with Gasteiger partial charge in [-0.25, -0.2) is 0 Å². The molecule has 0 amide bonds. The minimum atomic E-state index is 0.272. The van der Waals surface area contributed by atoms with Gasteiger partial charge in [0.25, 0.3) is 0 Å². The monoisotopic (exact) mass is 275 g/mol. The number of nitrogens with zero attached hydrogens (tertiary/aromatic N) is 1. The first-order valence-electron chi connectivity index (χ1n) is 7.39. The zero-order valence-electron chi connectivity index (χ0n) is 12.8. The number of ether oxygens (including phenoxy) is 2. The van der Waals surface area contributed by atoms with E-state index in [1.54, 1.807) is 13.2 Å². The molecule has 0 saturated carbocycles. The Morgan fingerprint density at radius 2 is 2.05 bits per heavy atom. The summed E-state index contributed by atoms with van der Waals surface area (Å²) in [6, 6.07) is 7.69. The van der Waals surface area contributed by atoms with E-state index in [1.807, 2.05) is 12.1 Å². The van der Waals surface area contributed by atoms with Gasteiger partial charge in [0, 0.05) is 0 Å². The van der Waals surface area contributed by atoms with Crippen LogP contribution in [0.4, 0.5) is 0 Å². The summed E-state index contributed by atoms with van der Waals surface area (Å²) in [5.74, 6) is 0.615. The summed E-state index contributed by atoms with van der Waals surface area (Å²) >= 11 is 0. The van der Waals surface area contributed by atoms with E-state index >= 15 is 0 Å². The molecule has 110 valence electrons. The summed E-state index contributed by atoms with van der Waals surface area (Å²) in [6.45, 7) is 4.90. The molecule has 0 fully saturated rings. The smallest absolute Gasteiger partial charge is 0.136 e. The SMILES string of the molecule is CCCCCCC(C)OCc1ccc(C#N)c(OC)c1. The Morgan fingerprint density at radius 3 is 2.70 bits per heavy atom. The van der Waals surface area contributed by atoms with Crippen molar-refractivity contribution in [3.8, 4) is 11.8 Å². The minimum Gasteiger partial charge on any atom is -0.495 e. The van der Waals surface area contributed by atoms with E-state index < -0.39 is 0 Å². The van der Waals surface area contributed by atoms with Gasteiger partial charge in [0.05, 0.1) is 25.4 Å². The number of nitriles is 1. The van der Waals surface area contributed by atoms with Crippen molar-refractivity contribution in [3.63, 3.8) is 0 Å². The Hall–Kier alpha value is -1.53. The van der Waals surface area contributed by atoms with E-state index in [9.17, 15) is 0 Å². The van der Waals surface area contributed by atoms with Crippen molar-refractivity contribution in [1.29, 1.82) is 5.26 Å². The average Bonchev–Trinajstić information content (AvgIpc) is 2.49. The highest BCUT2D eigenvalue weighted by molar-refractivity contribution is 5.45. The number of methoxy groups -OCH3 is 1. The van der Waals surface area contributed by atoms with Crippen molar-refractivity contribution >= 4 is 0 Å². The second kappa shape index (κ2) is 9.39. The predicted molar refractivity (Wildman–Crippen MR) is 80.7 cm³/mol. The molecule has 0 spiro atoms. The number of rotatable bonds is 9. The lowest BCUT2D eigenvalue weighted by Crippen LogP contribution is -2.08. The van der Waals surface area contributed by atoms with Gasteiger partial charge >= 0.3 is 0 Å². The van der Waals surface area contributed by atoms with Crippen LogP contribution < -0.4 is 4.74 Å². The number of hydrogen-bond donors (Lipinski definition) is 0. The van der Waals surface area contributed by atoms with Crippen LogP contribution in [0, 0.1) is 11.3 Å². The van der Waals surface area contributed by atoms with Crippen molar-refractivity contribution in [2.75, 3.05) is 7.11 Å². The van der Waals surface area contributed by atoms with Crippen molar-refractivity contribution in [2.24, 2.45) is 0 Å². The van der Waals surface area contributed by atoms with Gasteiger partial charge in [0.1, 0.15) is 11.8 Å². The molecule has 0 heterocycles. The molecule has 1 aromatic carbocycles. The van der Waals surface area contributed by atoms with E-state index in [0.717, 1.165) is 12.0 Å². The third-order valence-corrected chi connectivity index (χ3v) is 3.39. The largest absolute Gasteiger partial charge is 0.495 e. The molecule has 3 heteroatoms. The van der Waals surface area contributed by atoms with Crippen LogP contribution in [0.3, 0.4) is 0 Å². The van der Waals surface area contributed by atoms with E-state index in [2.05, 4.69) is 19.9 Å². The van der Waals surface area contributed by atoms with Gasteiger partial charge in [-0.05, 0) is 31.0 Å². The number of hydrogen-bond acceptors (Lipinski definition) is 3. The normalized spacial score (nSPS) is 11.9. The summed E-state index contributed by atoms with van der Waals surface area (Å²) in [6.07, 6.45) is 6.46. The summed E-state index contributed by atoms with van der Waals surface area (Å²) in [4.78, 5) is 0. The quantitative estimate of drug-likeness (QED) is 0.625. The van der Waals surface area contributed by atoms with Crippen LogP contribution in [0.1, 0.15) is 57.1 Å². The van der Waals surface area contributed by atoms with Crippen molar-refractivity contribution < 1.29 is 9.47 Å². The number of benzene rings is 1. The van der Waals surface area contributed by atoms with Crippen LogP contribution in [-0.2, 0) is 11.3 Å². The van der Waals surface area contributed by atoms with E-state index in [0.29, 0.717) is 17.9 Å². The van der Waals surface area contributed by atoms with Gasteiger partial charge in [-0.1, -0.05) is 38.7 Å². The van der Waals surface area contributed by atoms with Crippen LogP contribution in [0.15, 0.2) is 18.2 Å². The van der Waals surface area contributed by atoms with Gasteiger partial charge in [-0.15, -0.1) is 0 Å². The summed E-state index contributed by atoms with van der Waals surface area (Å²) in [7, 11) is 1.58. The molecule has 0 aliphatic heterocycles. The second-order valence-electron chi connectivity index (χ2n) is 5.12. The predicted octanol–water partition coefficient (Wildman–Crippen LogP) is 4.44. The Balaban J connectivity index is 2.39. The first-order valence-corrected chi connectivity index (χ1v) is 7.39. The minimum absolute atomic E-state index is 0.272. The highest BCUT2D eigenvalue weighted by Gasteiger charge is 2.06. The van der Waals surface area contributed by atoms with Crippen LogP contribution >= 0.6 is 0 Å². The van der Waals surface area contributed by atoms with E-state index in [4.69, 9.17) is 14.7 Å². The molecule has 1 unspecified atom stereocenters. The second-order valence-corrected chi connectivity index (χ2v) is 5.12. The third-order valence-electron chi connectivity index (χ3n) is 3.39. The lowest BCUT2D eigenvalue weighted by Gasteiger charge is -2.13. The van der Waals surface area contributed by atoms with Gasteiger partial charge in [0.15, 0.2) is 0 Å².